The molecule has 28 heavy (non-hydrogen) atoms. The number of hydrogen-bond acceptors (Lipinski definition) is 5. The molecule has 0 saturated carbocycles. The number of rotatable bonds is 4. The Balaban J connectivity index is 1.67. The van der Waals surface area contributed by atoms with Crippen molar-refractivity contribution in [1.82, 2.24) is 20.1 Å². The minimum atomic E-state index is -0.196. The number of likely N-dealkylation sites (tertiary alicyclic amines) is 1. The van der Waals surface area contributed by atoms with Gasteiger partial charge in [-0.2, -0.15) is 0 Å². The fourth-order valence-electron chi connectivity index (χ4n) is 4.01. The molecular weight excluding hydrogens is 358 g/mol. The molecule has 3 heterocycles. The SMILES string of the molecule is CC(=O)NCC(=O)N1CCN(c2cc(C)nc([C@H]3CCCN3C(C)=O)c2)CC1. The van der Waals surface area contributed by atoms with Crippen LogP contribution >= 0.6 is 0 Å². The van der Waals surface area contributed by atoms with E-state index in [1.54, 1.807) is 11.8 Å². The van der Waals surface area contributed by atoms with Crippen LogP contribution in [0.3, 0.4) is 0 Å². The summed E-state index contributed by atoms with van der Waals surface area (Å²) >= 11 is 0. The Hall–Kier alpha value is -2.64. The summed E-state index contributed by atoms with van der Waals surface area (Å²) in [5, 5.41) is 2.56. The Labute approximate surface area is 165 Å². The Morgan fingerprint density at radius 1 is 1.11 bits per heavy atom. The number of amides is 3. The summed E-state index contributed by atoms with van der Waals surface area (Å²) in [5.41, 5.74) is 2.98. The molecule has 1 atom stereocenters. The predicted molar refractivity (Wildman–Crippen MR) is 106 cm³/mol. The van der Waals surface area contributed by atoms with Gasteiger partial charge in [0.15, 0.2) is 0 Å². The number of aryl methyl sites for hydroxylation is 1. The molecule has 1 aromatic heterocycles. The van der Waals surface area contributed by atoms with E-state index in [9.17, 15) is 14.4 Å². The monoisotopic (exact) mass is 387 g/mol. The minimum Gasteiger partial charge on any atom is -0.368 e. The smallest absolute Gasteiger partial charge is 0.242 e. The molecule has 8 heteroatoms. The van der Waals surface area contributed by atoms with Crippen molar-refractivity contribution in [3.63, 3.8) is 0 Å². The Kier molecular flexibility index (Phi) is 6.16. The van der Waals surface area contributed by atoms with Crippen LogP contribution in [0.1, 0.15) is 44.1 Å². The molecule has 2 saturated heterocycles. The molecule has 2 fully saturated rings. The quantitative estimate of drug-likeness (QED) is 0.828. The standard InChI is InChI=1S/C20H29N5O3/c1-14-11-17(12-18(22-14)19-5-4-6-25(19)16(3)27)23-7-9-24(10-8-23)20(28)13-21-15(2)26/h11-12,19H,4-10,13H2,1-3H3,(H,21,26)/t19-/m1/s1. The van der Waals surface area contributed by atoms with E-state index in [0.29, 0.717) is 13.1 Å². The highest BCUT2D eigenvalue weighted by Crippen LogP contribution is 2.33. The van der Waals surface area contributed by atoms with Crippen molar-refractivity contribution in [3.8, 4) is 0 Å². The van der Waals surface area contributed by atoms with Gasteiger partial charge in [0.05, 0.1) is 18.3 Å². The van der Waals surface area contributed by atoms with Crippen molar-refractivity contribution in [2.75, 3.05) is 44.2 Å². The molecule has 0 spiro atoms. The van der Waals surface area contributed by atoms with Gasteiger partial charge in [-0.3, -0.25) is 19.4 Å². The Morgan fingerprint density at radius 3 is 2.46 bits per heavy atom. The number of carbonyl (C=O) groups is 3. The molecule has 1 N–H and O–H groups in total. The summed E-state index contributed by atoms with van der Waals surface area (Å²) in [5.74, 6) is -0.151. The number of nitrogens with zero attached hydrogens (tertiary/aromatic N) is 4. The van der Waals surface area contributed by atoms with Gasteiger partial charge in [0.2, 0.25) is 17.7 Å². The van der Waals surface area contributed by atoms with Crippen LogP contribution < -0.4 is 10.2 Å². The lowest BCUT2D eigenvalue weighted by molar-refractivity contribution is -0.132. The average Bonchev–Trinajstić information content (AvgIpc) is 3.16. The second kappa shape index (κ2) is 8.58. The van der Waals surface area contributed by atoms with E-state index in [2.05, 4.69) is 22.3 Å². The van der Waals surface area contributed by atoms with Gasteiger partial charge >= 0.3 is 0 Å². The average molecular weight is 387 g/mol. The lowest BCUT2D eigenvalue weighted by atomic mass is 10.1. The van der Waals surface area contributed by atoms with E-state index in [4.69, 9.17) is 4.98 Å². The number of hydrogen-bond donors (Lipinski definition) is 1. The van der Waals surface area contributed by atoms with Gasteiger partial charge in [0.25, 0.3) is 0 Å². The molecular formula is C20H29N5O3. The van der Waals surface area contributed by atoms with Crippen molar-refractivity contribution >= 4 is 23.4 Å². The summed E-state index contributed by atoms with van der Waals surface area (Å²) in [4.78, 5) is 45.7. The molecule has 3 rings (SSSR count). The number of pyridine rings is 1. The van der Waals surface area contributed by atoms with Gasteiger partial charge in [0.1, 0.15) is 0 Å². The van der Waals surface area contributed by atoms with E-state index >= 15 is 0 Å². The first-order chi connectivity index (χ1) is 13.3. The molecule has 0 aromatic carbocycles. The maximum Gasteiger partial charge on any atom is 0.242 e. The van der Waals surface area contributed by atoms with Crippen molar-refractivity contribution in [3.05, 3.63) is 23.5 Å². The number of nitrogens with one attached hydrogen (secondary N) is 1. The van der Waals surface area contributed by atoms with E-state index < -0.39 is 0 Å². The molecule has 0 bridgehead atoms. The van der Waals surface area contributed by atoms with E-state index in [1.807, 2.05) is 11.8 Å². The van der Waals surface area contributed by atoms with Crippen LogP contribution in [0.4, 0.5) is 5.69 Å². The molecule has 2 aliphatic heterocycles. The molecule has 0 aliphatic carbocycles. The number of piperazine rings is 1. The van der Waals surface area contributed by atoms with Gasteiger partial charge in [-0.25, -0.2) is 0 Å². The topological polar surface area (TPSA) is 85.8 Å². The lowest BCUT2D eigenvalue weighted by Gasteiger charge is -2.36. The summed E-state index contributed by atoms with van der Waals surface area (Å²) < 4.78 is 0. The predicted octanol–water partition coefficient (Wildman–Crippen LogP) is 0.858. The third-order valence-electron chi connectivity index (χ3n) is 5.44. The van der Waals surface area contributed by atoms with Crippen molar-refractivity contribution in [1.29, 1.82) is 0 Å². The van der Waals surface area contributed by atoms with Gasteiger partial charge in [-0.1, -0.05) is 0 Å². The molecule has 8 nitrogen and oxygen atoms in total. The van der Waals surface area contributed by atoms with Crippen molar-refractivity contribution < 1.29 is 14.4 Å². The molecule has 2 aliphatic rings. The summed E-state index contributed by atoms with van der Waals surface area (Å²) in [6.45, 7) is 8.56. The molecule has 152 valence electrons. The van der Waals surface area contributed by atoms with Crippen molar-refractivity contribution in [2.24, 2.45) is 0 Å². The first kappa shape index (κ1) is 20.1. The second-order valence-corrected chi connectivity index (χ2v) is 7.54. The van der Waals surface area contributed by atoms with Gasteiger partial charge in [0, 0.05) is 58.0 Å². The summed E-state index contributed by atoms with van der Waals surface area (Å²) in [6.07, 6.45) is 1.95. The van der Waals surface area contributed by atoms with Crippen LogP contribution in [0, 0.1) is 6.92 Å². The van der Waals surface area contributed by atoms with Gasteiger partial charge in [-0.05, 0) is 31.9 Å². The zero-order valence-electron chi connectivity index (χ0n) is 16.9. The maximum absolute atomic E-state index is 12.2. The molecule has 0 radical (unpaired) electrons. The highest BCUT2D eigenvalue weighted by Gasteiger charge is 2.30. The zero-order valence-corrected chi connectivity index (χ0v) is 16.9. The van der Waals surface area contributed by atoms with Crippen LogP contribution in [0.25, 0.3) is 0 Å². The largest absolute Gasteiger partial charge is 0.368 e. The highest BCUT2D eigenvalue weighted by molar-refractivity contribution is 5.83. The van der Waals surface area contributed by atoms with Crippen LogP contribution in [0.15, 0.2) is 12.1 Å². The van der Waals surface area contributed by atoms with Gasteiger partial charge < -0.3 is 20.0 Å². The van der Waals surface area contributed by atoms with Crippen LogP contribution in [-0.2, 0) is 14.4 Å². The molecule has 0 unspecified atom stereocenters. The second-order valence-electron chi connectivity index (χ2n) is 7.54. The number of aromatic nitrogens is 1. The van der Waals surface area contributed by atoms with Crippen LogP contribution in [0.2, 0.25) is 0 Å². The zero-order chi connectivity index (χ0) is 20.3. The number of carbonyl (C=O) groups excluding carboxylic acids is 3. The van der Waals surface area contributed by atoms with Crippen molar-refractivity contribution in [2.45, 2.75) is 39.7 Å². The first-order valence-electron chi connectivity index (χ1n) is 9.88. The van der Waals surface area contributed by atoms with Crippen LogP contribution in [0.5, 0.6) is 0 Å². The fraction of sp³-hybridized carbons (Fsp3) is 0.600. The molecule has 3 amide bonds. The third kappa shape index (κ3) is 4.61. The Morgan fingerprint density at radius 2 is 1.82 bits per heavy atom. The van der Waals surface area contributed by atoms with E-state index in [0.717, 1.165) is 49.6 Å². The summed E-state index contributed by atoms with van der Waals surface area (Å²) in [6, 6.07) is 4.20. The highest BCUT2D eigenvalue weighted by atomic mass is 16.2. The fourth-order valence-corrected chi connectivity index (χ4v) is 4.01. The molecule has 1 aromatic rings. The van der Waals surface area contributed by atoms with E-state index in [1.165, 1.54) is 6.92 Å². The van der Waals surface area contributed by atoms with Crippen LogP contribution in [-0.4, -0.2) is 71.8 Å². The third-order valence-corrected chi connectivity index (χ3v) is 5.44. The first-order valence-corrected chi connectivity index (χ1v) is 9.88. The lowest BCUT2D eigenvalue weighted by Crippen LogP contribution is -2.51. The Bertz CT molecular complexity index is 758. The number of anilines is 1. The summed E-state index contributed by atoms with van der Waals surface area (Å²) in [7, 11) is 0. The van der Waals surface area contributed by atoms with Gasteiger partial charge in [-0.15, -0.1) is 0 Å². The minimum absolute atomic E-state index is 0.0514. The normalized spacial score (nSPS) is 19.7. The maximum atomic E-state index is 12.2. The van der Waals surface area contributed by atoms with E-state index in [-0.39, 0.29) is 30.3 Å².